The topological polar surface area (TPSA) is 129 Å². The standard InChI is InChI=1S/C47H68N6O5/c1-31(9-7-21-46(4,5)57)39-17-18-40-33(10-8-22-47(39,40)6)28-42-38-16-13-36(54)27-34(38)29-51-43(55)52(44(56)53(42)51)35-11-14-37(15-12-35)58-26-25-50-30-41(48-49-50)32-19-23-45(2,3)24-20-32/h11-12,14-15,28,30-32,36,39-40,42,54,57H,7-10,13,16-27,29H2,1-6H3/b33-28+/t31?,36-,39?,40?,42?,47+/m0/s1. The number of ether oxygens (including phenoxy) is 1. The minimum absolute atomic E-state index is 0.193. The van der Waals surface area contributed by atoms with Gasteiger partial charge in [-0.15, -0.1) is 5.10 Å². The summed E-state index contributed by atoms with van der Waals surface area (Å²) >= 11 is 0. The number of aliphatic hydroxyl groups excluding tert-OH is 1. The first-order chi connectivity index (χ1) is 27.6. The molecule has 3 fully saturated rings. The predicted octanol–water partition coefficient (Wildman–Crippen LogP) is 8.27. The average molecular weight is 797 g/mol. The molecule has 0 bridgehead atoms. The SMILES string of the molecule is CC(CCCC(C)(C)O)C1CCC2/C(=C/C3C4=C(C[C@@H](O)CC4)Cn4c(=O)n(-c5ccc(OCCn6cc(C7CCC(C)(C)CC7)nn6)cc5)c(=O)n43)CCC[C@@]21C. The van der Waals surface area contributed by atoms with Crippen molar-refractivity contribution in [3.63, 3.8) is 0 Å². The van der Waals surface area contributed by atoms with Crippen LogP contribution in [0, 0.1) is 28.6 Å². The second-order valence-electron chi connectivity index (χ2n) is 20.5. The van der Waals surface area contributed by atoms with Crippen molar-refractivity contribution < 1.29 is 14.9 Å². The quantitative estimate of drug-likeness (QED) is 0.177. The van der Waals surface area contributed by atoms with Crippen molar-refractivity contribution in [1.82, 2.24) is 28.9 Å². The molecule has 2 aromatic heterocycles. The maximum Gasteiger partial charge on any atom is 0.352 e. The van der Waals surface area contributed by atoms with Crippen molar-refractivity contribution in [1.29, 1.82) is 0 Å². The fourth-order valence-electron chi connectivity index (χ4n) is 11.9. The lowest BCUT2D eigenvalue weighted by Crippen LogP contribution is -2.39. The fourth-order valence-corrected chi connectivity index (χ4v) is 11.9. The number of benzene rings is 1. The Balaban J connectivity index is 0.998. The highest BCUT2D eigenvalue weighted by atomic mass is 16.5. The molecular formula is C47H68N6O5. The molecule has 6 atom stereocenters. The Bertz CT molecular complexity index is 2120. The average Bonchev–Trinajstić information content (AvgIpc) is 3.85. The van der Waals surface area contributed by atoms with Gasteiger partial charge in [0.15, 0.2) is 0 Å². The summed E-state index contributed by atoms with van der Waals surface area (Å²) in [7, 11) is 0. The van der Waals surface area contributed by atoms with Crippen LogP contribution in [0.15, 0.2) is 62.8 Å². The van der Waals surface area contributed by atoms with Gasteiger partial charge in [0.2, 0.25) is 0 Å². The molecule has 3 saturated carbocycles. The lowest BCUT2D eigenvalue weighted by molar-refractivity contribution is 0.0596. The molecule has 4 unspecified atom stereocenters. The summed E-state index contributed by atoms with van der Waals surface area (Å²) in [5.41, 5.74) is 4.61. The smallest absolute Gasteiger partial charge is 0.352 e. The number of allylic oxidation sites excluding steroid dienone is 3. The van der Waals surface area contributed by atoms with Gasteiger partial charge in [-0.3, -0.25) is 0 Å². The van der Waals surface area contributed by atoms with Gasteiger partial charge in [-0.2, -0.15) is 0 Å². The summed E-state index contributed by atoms with van der Waals surface area (Å²) in [4.78, 5) is 28.8. The molecule has 3 aromatic rings. The summed E-state index contributed by atoms with van der Waals surface area (Å²) in [5.74, 6) is 2.79. The van der Waals surface area contributed by atoms with Gasteiger partial charge in [0.05, 0.1) is 42.2 Å². The molecular weight excluding hydrogens is 729 g/mol. The number of aromatic nitrogens is 6. The summed E-state index contributed by atoms with van der Waals surface area (Å²) in [6, 6.07) is 6.89. The van der Waals surface area contributed by atoms with Crippen molar-refractivity contribution in [2.45, 2.75) is 175 Å². The van der Waals surface area contributed by atoms with Gasteiger partial charge >= 0.3 is 11.4 Å². The maximum atomic E-state index is 14.5. The van der Waals surface area contributed by atoms with Crippen LogP contribution in [-0.2, 0) is 13.1 Å². The molecule has 316 valence electrons. The molecule has 11 nitrogen and oxygen atoms in total. The van der Waals surface area contributed by atoms with Crippen molar-refractivity contribution >= 4 is 0 Å². The van der Waals surface area contributed by atoms with E-state index in [1.54, 1.807) is 21.5 Å². The van der Waals surface area contributed by atoms with E-state index in [1.807, 2.05) is 30.7 Å². The van der Waals surface area contributed by atoms with E-state index >= 15 is 0 Å². The molecule has 8 rings (SSSR count). The number of aliphatic hydroxyl groups is 2. The number of nitrogens with zero attached hydrogens (tertiary/aromatic N) is 6. The first kappa shape index (κ1) is 41.1. The molecule has 58 heavy (non-hydrogen) atoms. The second-order valence-corrected chi connectivity index (χ2v) is 20.5. The third kappa shape index (κ3) is 8.23. The van der Waals surface area contributed by atoms with E-state index in [-0.39, 0.29) is 22.8 Å². The van der Waals surface area contributed by atoms with Crippen LogP contribution in [0.5, 0.6) is 5.75 Å². The highest BCUT2D eigenvalue weighted by Gasteiger charge is 2.51. The number of rotatable bonds is 12. The van der Waals surface area contributed by atoms with E-state index in [4.69, 9.17) is 4.74 Å². The van der Waals surface area contributed by atoms with Crippen LogP contribution in [0.4, 0.5) is 0 Å². The lowest BCUT2D eigenvalue weighted by Gasteiger charge is -2.45. The van der Waals surface area contributed by atoms with E-state index in [2.05, 4.69) is 50.3 Å². The van der Waals surface area contributed by atoms with Gasteiger partial charge in [0, 0.05) is 12.1 Å². The summed E-state index contributed by atoms with van der Waals surface area (Å²) in [6.45, 7) is 14.7. The molecule has 0 saturated heterocycles. The third-order valence-electron chi connectivity index (χ3n) is 15.2. The summed E-state index contributed by atoms with van der Waals surface area (Å²) in [5, 5.41) is 29.9. The molecule has 0 amide bonds. The van der Waals surface area contributed by atoms with Crippen molar-refractivity contribution in [2.24, 2.45) is 28.6 Å². The van der Waals surface area contributed by atoms with E-state index in [9.17, 15) is 19.8 Å². The molecule has 3 heterocycles. The van der Waals surface area contributed by atoms with Crippen molar-refractivity contribution in [3.05, 3.63) is 79.9 Å². The minimum Gasteiger partial charge on any atom is -0.492 e. The Morgan fingerprint density at radius 3 is 2.50 bits per heavy atom. The third-order valence-corrected chi connectivity index (χ3v) is 15.2. The lowest BCUT2D eigenvalue weighted by atomic mass is 9.60. The fraction of sp³-hybridized carbons (Fsp3) is 0.702. The monoisotopic (exact) mass is 797 g/mol. The molecule has 4 aliphatic carbocycles. The van der Waals surface area contributed by atoms with Gasteiger partial charge in [-0.05, 0) is 161 Å². The van der Waals surface area contributed by atoms with Crippen LogP contribution in [0.3, 0.4) is 0 Å². The van der Waals surface area contributed by atoms with E-state index < -0.39 is 11.7 Å². The highest BCUT2D eigenvalue weighted by molar-refractivity contribution is 5.38. The number of fused-ring (bicyclic) bond motifs is 2. The normalized spacial score (nSPS) is 28.7. The van der Waals surface area contributed by atoms with Gasteiger partial charge in [0.25, 0.3) is 0 Å². The van der Waals surface area contributed by atoms with Gasteiger partial charge in [-0.25, -0.2) is 28.2 Å². The Labute approximate surface area is 344 Å². The van der Waals surface area contributed by atoms with Crippen molar-refractivity contribution in [2.75, 3.05) is 6.61 Å². The highest BCUT2D eigenvalue weighted by Crippen LogP contribution is 2.60. The minimum atomic E-state index is -0.627. The van der Waals surface area contributed by atoms with Gasteiger partial charge < -0.3 is 14.9 Å². The molecule has 1 aromatic carbocycles. The molecule has 2 N–H and O–H groups in total. The van der Waals surface area contributed by atoms with Crippen LogP contribution in [-0.4, -0.2) is 57.4 Å². The van der Waals surface area contributed by atoms with Crippen LogP contribution in [0.2, 0.25) is 0 Å². The second kappa shape index (κ2) is 16.1. The van der Waals surface area contributed by atoms with Crippen molar-refractivity contribution in [3.8, 4) is 11.4 Å². The maximum absolute atomic E-state index is 14.5. The van der Waals surface area contributed by atoms with Crippen LogP contribution >= 0.6 is 0 Å². The molecule has 0 spiro atoms. The van der Waals surface area contributed by atoms with E-state index in [1.165, 1.54) is 41.4 Å². The zero-order valence-corrected chi connectivity index (χ0v) is 36.0. The van der Waals surface area contributed by atoms with Gasteiger partial charge in [0.1, 0.15) is 12.4 Å². The summed E-state index contributed by atoms with van der Waals surface area (Å²) < 4.78 is 12.6. The first-order valence-electron chi connectivity index (χ1n) is 22.5. The Morgan fingerprint density at radius 2 is 1.76 bits per heavy atom. The number of hydrogen-bond acceptors (Lipinski definition) is 7. The van der Waals surface area contributed by atoms with Gasteiger partial charge in [-0.1, -0.05) is 57.4 Å². The Hall–Kier alpha value is -3.70. The van der Waals surface area contributed by atoms with E-state index in [0.29, 0.717) is 73.1 Å². The number of hydrogen-bond donors (Lipinski definition) is 2. The Morgan fingerprint density at radius 1 is 1.00 bits per heavy atom. The molecule has 5 aliphatic rings. The predicted molar refractivity (Wildman–Crippen MR) is 226 cm³/mol. The summed E-state index contributed by atoms with van der Waals surface area (Å²) in [6.07, 6.45) is 19.3. The zero-order chi connectivity index (χ0) is 41.0. The largest absolute Gasteiger partial charge is 0.492 e. The molecule has 11 heteroatoms. The molecule has 0 radical (unpaired) electrons. The van der Waals surface area contributed by atoms with Crippen LogP contribution in [0.25, 0.3) is 5.69 Å². The van der Waals surface area contributed by atoms with Crippen LogP contribution in [0.1, 0.15) is 156 Å². The zero-order valence-electron chi connectivity index (χ0n) is 36.0. The molecule has 1 aliphatic heterocycles. The first-order valence-corrected chi connectivity index (χ1v) is 22.5. The van der Waals surface area contributed by atoms with E-state index in [0.717, 1.165) is 69.1 Å². The Kier molecular flexibility index (Phi) is 11.4. The van der Waals surface area contributed by atoms with Crippen LogP contribution < -0.4 is 16.1 Å².